The molecule has 0 atom stereocenters. The molecule has 11 heteroatoms. The first-order chi connectivity index (χ1) is 23.6. The van der Waals surface area contributed by atoms with Crippen molar-refractivity contribution in [3.8, 4) is 23.0 Å². The van der Waals surface area contributed by atoms with Gasteiger partial charge < -0.3 is 29.3 Å². The summed E-state index contributed by atoms with van der Waals surface area (Å²) < 4.78 is 19.6. The number of amides is 2. The molecule has 1 fully saturated rings. The molecule has 1 aliphatic heterocycles. The van der Waals surface area contributed by atoms with Gasteiger partial charge >= 0.3 is 6.09 Å². The molecular formula is C38H42N6O5. The highest BCUT2D eigenvalue weighted by atomic mass is 16.6. The highest BCUT2D eigenvalue weighted by molar-refractivity contribution is 5.96. The Balaban J connectivity index is 1.15. The van der Waals surface area contributed by atoms with E-state index in [1.807, 2.05) is 123 Å². The Kier molecular flexibility index (Phi) is 9.98. The fourth-order valence-electron chi connectivity index (χ4n) is 5.57. The van der Waals surface area contributed by atoms with Crippen molar-refractivity contribution < 1.29 is 23.8 Å². The van der Waals surface area contributed by atoms with E-state index < -0.39 is 5.60 Å². The van der Waals surface area contributed by atoms with Crippen LogP contribution < -0.4 is 14.8 Å². The Labute approximate surface area is 286 Å². The molecule has 1 N–H and O–H groups in total. The van der Waals surface area contributed by atoms with E-state index >= 15 is 0 Å². The topological polar surface area (TPSA) is 111 Å². The summed E-state index contributed by atoms with van der Waals surface area (Å²) in [5.74, 6) is 0.850. The molecule has 3 aromatic carbocycles. The lowest BCUT2D eigenvalue weighted by molar-refractivity contribution is -0.131. The zero-order valence-electron chi connectivity index (χ0n) is 28.4. The zero-order chi connectivity index (χ0) is 34.4. The van der Waals surface area contributed by atoms with E-state index in [0.29, 0.717) is 51.2 Å². The molecule has 1 saturated heterocycles. The van der Waals surface area contributed by atoms with Crippen LogP contribution in [0.1, 0.15) is 31.9 Å². The number of rotatable bonds is 10. The van der Waals surface area contributed by atoms with Crippen molar-refractivity contribution in [3.63, 3.8) is 0 Å². The third-order valence-electron chi connectivity index (χ3n) is 8.12. The van der Waals surface area contributed by atoms with E-state index in [1.54, 1.807) is 9.80 Å². The minimum Gasteiger partial charge on any atom is -0.473 e. The van der Waals surface area contributed by atoms with Crippen LogP contribution in [0.3, 0.4) is 0 Å². The van der Waals surface area contributed by atoms with Gasteiger partial charge in [-0.25, -0.2) is 4.79 Å². The van der Waals surface area contributed by atoms with Gasteiger partial charge in [0.15, 0.2) is 0 Å². The first kappa shape index (κ1) is 33.3. The molecular weight excluding hydrogens is 620 g/mol. The van der Waals surface area contributed by atoms with Gasteiger partial charge in [-0.05, 0) is 56.2 Å². The van der Waals surface area contributed by atoms with Gasteiger partial charge in [-0.15, -0.1) is 0 Å². The summed E-state index contributed by atoms with van der Waals surface area (Å²) in [7, 11) is 1.89. The third-order valence-corrected chi connectivity index (χ3v) is 8.12. The number of carbonyl (C=O) groups excluding carboxylic acids is 2. The number of piperazine rings is 1. The number of hydrogen-bond acceptors (Lipinski definition) is 8. The highest BCUT2D eigenvalue weighted by Crippen LogP contribution is 2.36. The zero-order valence-corrected chi connectivity index (χ0v) is 28.4. The number of ether oxygens (including phenoxy) is 3. The van der Waals surface area contributed by atoms with Crippen molar-refractivity contribution in [2.75, 3.05) is 38.0 Å². The van der Waals surface area contributed by atoms with E-state index in [0.717, 1.165) is 39.0 Å². The average Bonchev–Trinajstić information content (AvgIpc) is 3.44. The van der Waals surface area contributed by atoms with Crippen LogP contribution in [0, 0.1) is 0 Å². The largest absolute Gasteiger partial charge is 0.473 e. The predicted molar refractivity (Wildman–Crippen MR) is 188 cm³/mol. The van der Waals surface area contributed by atoms with Gasteiger partial charge in [0.2, 0.25) is 17.7 Å². The van der Waals surface area contributed by atoms with E-state index in [1.165, 1.54) is 0 Å². The number of aryl methyl sites for hydroxylation is 1. The van der Waals surface area contributed by atoms with Gasteiger partial charge in [0.25, 0.3) is 0 Å². The number of anilines is 1. The summed E-state index contributed by atoms with van der Waals surface area (Å²) in [5.41, 5.74) is 4.67. The standard InChI is InChI=1S/C38H42N6O5/c1-38(2,3)49-37(46)44-21-19-43(20-22-44)34(45)24-39-29-15-16-30-32(23-29)42(4)41-35(30)31-17-18-33(47-25-27-11-7-5-8-12-27)40-36(31)48-26-28-13-9-6-10-14-28/h5-18,23,39H,19-22,24-26H2,1-4H3. The number of benzene rings is 3. The monoisotopic (exact) mass is 662 g/mol. The fraction of sp³-hybridized carbons (Fsp3) is 0.316. The van der Waals surface area contributed by atoms with E-state index in [4.69, 9.17) is 24.3 Å². The maximum Gasteiger partial charge on any atom is 0.410 e. The van der Waals surface area contributed by atoms with Crippen LogP contribution in [-0.4, -0.2) is 74.9 Å². The number of nitrogens with zero attached hydrogens (tertiary/aromatic N) is 5. The minimum atomic E-state index is -0.554. The molecule has 6 rings (SSSR count). The third kappa shape index (κ3) is 8.48. The lowest BCUT2D eigenvalue weighted by Crippen LogP contribution is -2.52. The summed E-state index contributed by atoms with van der Waals surface area (Å²) in [6, 6.07) is 29.6. The molecule has 0 saturated carbocycles. The van der Waals surface area contributed by atoms with Gasteiger partial charge in [-0.3, -0.25) is 9.48 Å². The summed E-state index contributed by atoms with van der Waals surface area (Å²) in [5, 5.41) is 9.05. The molecule has 0 unspecified atom stereocenters. The number of aromatic nitrogens is 3. The van der Waals surface area contributed by atoms with Crippen LogP contribution in [0.25, 0.3) is 22.2 Å². The molecule has 2 amide bonds. The van der Waals surface area contributed by atoms with Crippen LogP contribution in [0.5, 0.6) is 11.8 Å². The Morgan fingerprint density at radius 3 is 2.08 bits per heavy atom. The second-order valence-electron chi connectivity index (χ2n) is 13.0. The van der Waals surface area contributed by atoms with Crippen molar-refractivity contribution in [1.82, 2.24) is 24.6 Å². The summed E-state index contributed by atoms with van der Waals surface area (Å²) in [6.07, 6.45) is -0.348. The quantitative estimate of drug-likeness (QED) is 0.186. The van der Waals surface area contributed by atoms with Gasteiger partial charge in [-0.1, -0.05) is 60.7 Å². The second-order valence-corrected chi connectivity index (χ2v) is 13.0. The van der Waals surface area contributed by atoms with Crippen LogP contribution >= 0.6 is 0 Å². The van der Waals surface area contributed by atoms with E-state index in [9.17, 15) is 9.59 Å². The van der Waals surface area contributed by atoms with Crippen molar-refractivity contribution >= 4 is 28.6 Å². The normalized spacial score (nSPS) is 13.3. The number of hydrogen-bond donors (Lipinski definition) is 1. The molecule has 1 aliphatic rings. The molecule has 49 heavy (non-hydrogen) atoms. The van der Waals surface area contributed by atoms with E-state index in [2.05, 4.69) is 5.32 Å². The van der Waals surface area contributed by atoms with Gasteiger partial charge in [0, 0.05) is 50.4 Å². The molecule has 254 valence electrons. The summed E-state index contributed by atoms with van der Waals surface area (Å²) >= 11 is 0. The van der Waals surface area contributed by atoms with Gasteiger partial charge in [0.1, 0.15) is 24.5 Å². The fourth-order valence-corrected chi connectivity index (χ4v) is 5.57. The van der Waals surface area contributed by atoms with Gasteiger partial charge in [-0.2, -0.15) is 10.1 Å². The van der Waals surface area contributed by atoms with Crippen molar-refractivity contribution in [2.45, 2.75) is 39.6 Å². The Hall–Kier alpha value is -5.58. The van der Waals surface area contributed by atoms with Crippen LogP contribution in [0.4, 0.5) is 10.5 Å². The lowest BCUT2D eigenvalue weighted by Gasteiger charge is -2.35. The first-order valence-electron chi connectivity index (χ1n) is 16.4. The predicted octanol–water partition coefficient (Wildman–Crippen LogP) is 6.28. The number of pyridine rings is 1. The molecule has 0 spiro atoms. The van der Waals surface area contributed by atoms with Gasteiger partial charge in [0.05, 0.1) is 17.6 Å². The molecule has 2 aromatic heterocycles. The highest BCUT2D eigenvalue weighted by Gasteiger charge is 2.27. The Bertz CT molecular complexity index is 1900. The number of fused-ring (bicyclic) bond motifs is 1. The van der Waals surface area contributed by atoms with E-state index in [-0.39, 0.29) is 18.5 Å². The first-order valence-corrected chi connectivity index (χ1v) is 16.4. The molecule has 0 radical (unpaired) electrons. The van der Waals surface area contributed by atoms with Crippen LogP contribution in [-0.2, 0) is 29.8 Å². The summed E-state index contributed by atoms with van der Waals surface area (Å²) in [6.45, 7) is 8.20. The molecule has 0 bridgehead atoms. The maximum absolute atomic E-state index is 13.0. The number of nitrogens with one attached hydrogen (secondary N) is 1. The molecule has 0 aliphatic carbocycles. The van der Waals surface area contributed by atoms with Crippen LogP contribution in [0.15, 0.2) is 91.0 Å². The second kappa shape index (κ2) is 14.7. The lowest BCUT2D eigenvalue weighted by atomic mass is 10.1. The number of carbonyl (C=O) groups is 2. The summed E-state index contributed by atoms with van der Waals surface area (Å²) in [4.78, 5) is 33.6. The van der Waals surface area contributed by atoms with Crippen molar-refractivity contribution in [2.24, 2.45) is 7.05 Å². The van der Waals surface area contributed by atoms with Crippen molar-refractivity contribution in [1.29, 1.82) is 0 Å². The Morgan fingerprint density at radius 1 is 0.796 bits per heavy atom. The smallest absolute Gasteiger partial charge is 0.410 e. The van der Waals surface area contributed by atoms with Crippen LogP contribution in [0.2, 0.25) is 0 Å². The van der Waals surface area contributed by atoms with Crippen molar-refractivity contribution in [3.05, 3.63) is 102 Å². The molecule has 3 heterocycles. The SMILES string of the molecule is Cn1nc(-c2ccc(OCc3ccccc3)nc2OCc2ccccc2)c2ccc(NCC(=O)N3CCN(C(=O)OC(C)(C)C)CC3)cc21. The molecule has 5 aromatic rings. The molecule has 11 nitrogen and oxygen atoms in total. The Morgan fingerprint density at radius 2 is 1.43 bits per heavy atom. The average molecular weight is 663 g/mol. The minimum absolute atomic E-state index is 0.0320. The maximum atomic E-state index is 13.0.